The van der Waals surface area contributed by atoms with E-state index in [2.05, 4.69) is 5.10 Å². The summed E-state index contributed by atoms with van der Waals surface area (Å²) in [5.74, 6) is -1.62. The summed E-state index contributed by atoms with van der Waals surface area (Å²) in [4.78, 5) is 22.1. The second-order valence-electron chi connectivity index (χ2n) is 4.34. The van der Waals surface area contributed by atoms with Gasteiger partial charge >= 0.3 is 11.7 Å². The molecule has 0 atom stereocenters. The number of ether oxygens (including phenoxy) is 1. The van der Waals surface area contributed by atoms with Gasteiger partial charge < -0.3 is 4.74 Å². The summed E-state index contributed by atoms with van der Waals surface area (Å²) in [6.07, 6.45) is 0. The molecule has 0 saturated carbocycles. The molecule has 0 unspecified atom stereocenters. The maximum atomic E-state index is 13.4. The molecule has 2 rings (SSSR count). The standard InChI is InChI=1S/C13H12FN3O4/c1-8-13(17(19)20)9(2)16(15-8)7-12(18)21-11-6-4-3-5-10(11)14/h3-6H,7H2,1-2H3. The van der Waals surface area contributed by atoms with Crippen LogP contribution in [0.15, 0.2) is 24.3 Å². The Kier molecular flexibility index (Phi) is 3.97. The van der Waals surface area contributed by atoms with Gasteiger partial charge in [0.1, 0.15) is 17.9 Å². The molecule has 0 bridgehead atoms. The number of esters is 1. The largest absolute Gasteiger partial charge is 0.422 e. The Morgan fingerprint density at radius 3 is 2.67 bits per heavy atom. The summed E-state index contributed by atoms with van der Waals surface area (Å²) >= 11 is 0. The zero-order valence-corrected chi connectivity index (χ0v) is 11.4. The normalized spacial score (nSPS) is 10.4. The van der Waals surface area contributed by atoms with Crippen molar-refractivity contribution >= 4 is 11.7 Å². The number of aromatic nitrogens is 2. The molecule has 0 fully saturated rings. The van der Waals surface area contributed by atoms with E-state index >= 15 is 0 Å². The molecule has 1 aromatic heterocycles. The SMILES string of the molecule is Cc1nn(CC(=O)Oc2ccccc2F)c(C)c1[N+](=O)[O-]. The lowest BCUT2D eigenvalue weighted by molar-refractivity contribution is -0.386. The maximum Gasteiger partial charge on any atom is 0.333 e. The summed E-state index contributed by atoms with van der Waals surface area (Å²) in [5.41, 5.74) is 0.299. The number of nitrogens with zero attached hydrogens (tertiary/aromatic N) is 3. The highest BCUT2D eigenvalue weighted by Crippen LogP contribution is 2.22. The van der Waals surface area contributed by atoms with Crippen LogP contribution in [0.4, 0.5) is 10.1 Å². The van der Waals surface area contributed by atoms with E-state index in [1.165, 1.54) is 32.0 Å². The Morgan fingerprint density at radius 1 is 1.43 bits per heavy atom. The summed E-state index contributed by atoms with van der Waals surface area (Å²) in [5, 5.41) is 14.8. The number of hydrogen-bond donors (Lipinski definition) is 0. The molecule has 2 aromatic rings. The van der Waals surface area contributed by atoms with Gasteiger partial charge in [-0.3, -0.25) is 14.8 Å². The van der Waals surface area contributed by atoms with Gasteiger partial charge in [-0.15, -0.1) is 0 Å². The molecule has 0 aliphatic rings. The van der Waals surface area contributed by atoms with Gasteiger partial charge in [0.25, 0.3) is 0 Å². The number of carbonyl (C=O) groups excluding carboxylic acids is 1. The van der Waals surface area contributed by atoms with Gasteiger partial charge in [0.05, 0.1) is 4.92 Å². The van der Waals surface area contributed by atoms with Crippen LogP contribution in [-0.4, -0.2) is 20.7 Å². The highest BCUT2D eigenvalue weighted by molar-refractivity contribution is 5.72. The molecule has 1 aromatic carbocycles. The molecular weight excluding hydrogens is 281 g/mol. The summed E-state index contributed by atoms with van der Waals surface area (Å²) in [6, 6.07) is 5.48. The lowest BCUT2D eigenvalue weighted by Gasteiger charge is -2.06. The van der Waals surface area contributed by atoms with Crippen LogP contribution >= 0.6 is 0 Å². The topological polar surface area (TPSA) is 87.3 Å². The molecule has 0 aliphatic heterocycles. The van der Waals surface area contributed by atoms with Crippen molar-refractivity contribution in [1.82, 2.24) is 9.78 Å². The van der Waals surface area contributed by atoms with Gasteiger partial charge in [-0.25, -0.2) is 9.18 Å². The van der Waals surface area contributed by atoms with Crippen molar-refractivity contribution in [3.05, 3.63) is 51.6 Å². The fraction of sp³-hybridized carbons (Fsp3) is 0.231. The molecule has 0 aliphatic carbocycles. The van der Waals surface area contributed by atoms with Crippen molar-refractivity contribution in [3.8, 4) is 5.75 Å². The molecule has 0 radical (unpaired) electrons. The first-order valence-corrected chi connectivity index (χ1v) is 6.03. The molecule has 0 N–H and O–H groups in total. The van der Waals surface area contributed by atoms with Crippen LogP contribution in [0.5, 0.6) is 5.75 Å². The number of halogens is 1. The molecule has 7 nitrogen and oxygen atoms in total. The Balaban J connectivity index is 2.16. The van der Waals surface area contributed by atoms with Crippen LogP contribution in [0, 0.1) is 29.8 Å². The first-order valence-electron chi connectivity index (χ1n) is 6.03. The van der Waals surface area contributed by atoms with Gasteiger partial charge in [-0.1, -0.05) is 12.1 Å². The van der Waals surface area contributed by atoms with E-state index in [1.54, 1.807) is 0 Å². The molecule has 0 amide bonds. The summed E-state index contributed by atoms with van der Waals surface area (Å²) in [6.45, 7) is 2.62. The van der Waals surface area contributed by atoms with Gasteiger partial charge in [0.2, 0.25) is 0 Å². The molecule has 8 heteroatoms. The first-order chi connectivity index (χ1) is 9.90. The minimum atomic E-state index is -0.763. The van der Waals surface area contributed by atoms with Crippen LogP contribution in [0.2, 0.25) is 0 Å². The highest BCUT2D eigenvalue weighted by atomic mass is 19.1. The number of hydrogen-bond acceptors (Lipinski definition) is 5. The Bertz CT molecular complexity index is 711. The number of para-hydroxylation sites is 1. The van der Waals surface area contributed by atoms with Crippen molar-refractivity contribution in [1.29, 1.82) is 0 Å². The Labute approximate surface area is 119 Å². The smallest absolute Gasteiger partial charge is 0.333 e. The molecule has 110 valence electrons. The van der Waals surface area contributed by atoms with Crippen LogP contribution in [0.25, 0.3) is 0 Å². The van der Waals surface area contributed by atoms with E-state index in [0.717, 1.165) is 10.7 Å². The van der Waals surface area contributed by atoms with Crippen molar-refractivity contribution in [2.45, 2.75) is 20.4 Å². The number of benzene rings is 1. The average Bonchev–Trinajstić information content (AvgIpc) is 2.67. The lowest BCUT2D eigenvalue weighted by Crippen LogP contribution is -2.18. The second-order valence-corrected chi connectivity index (χ2v) is 4.34. The number of aryl methyl sites for hydroxylation is 1. The van der Waals surface area contributed by atoms with E-state index in [-0.39, 0.29) is 29.4 Å². The molecule has 0 spiro atoms. The third-order valence-electron chi connectivity index (χ3n) is 2.87. The third-order valence-corrected chi connectivity index (χ3v) is 2.87. The fourth-order valence-electron chi connectivity index (χ4n) is 1.91. The minimum absolute atomic E-state index is 0.145. The summed E-state index contributed by atoms with van der Waals surface area (Å²) < 4.78 is 19.4. The van der Waals surface area contributed by atoms with E-state index in [4.69, 9.17) is 4.74 Å². The summed E-state index contributed by atoms with van der Waals surface area (Å²) in [7, 11) is 0. The van der Waals surface area contributed by atoms with Crippen molar-refractivity contribution in [3.63, 3.8) is 0 Å². The van der Waals surface area contributed by atoms with Crippen LogP contribution in [0.1, 0.15) is 11.4 Å². The zero-order valence-electron chi connectivity index (χ0n) is 11.4. The maximum absolute atomic E-state index is 13.4. The Hall–Kier alpha value is -2.77. The highest BCUT2D eigenvalue weighted by Gasteiger charge is 2.23. The molecule has 0 saturated heterocycles. The fourth-order valence-corrected chi connectivity index (χ4v) is 1.91. The second kappa shape index (κ2) is 5.70. The van der Waals surface area contributed by atoms with E-state index in [1.807, 2.05) is 0 Å². The van der Waals surface area contributed by atoms with Crippen molar-refractivity contribution in [2.24, 2.45) is 0 Å². The number of nitro groups is 1. The average molecular weight is 293 g/mol. The van der Waals surface area contributed by atoms with Crippen molar-refractivity contribution < 1.29 is 18.8 Å². The molecule has 21 heavy (non-hydrogen) atoms. The van der Waals surface area contributed by atoms with Crippen LogP contribution in [0.3, 0.4) is 0 Å². The zero-order chi connectivity index (χ0) is 15.6. The van der Waals surface area contributed by atoms with Gasteiger partial charge in [0, 0.05) is 0 Å². The first kappa shape index (κ1) is 14.6. The van der Waals surface area contributed by atoms with Gasteiger partial charge in [-0.05, 0) is 26.0 Å². The van der Waals surface area contributed by atoms with Crippen LogP contribution < -0.4 is 4.74 Å². The quantitative estimate of drug-likeness (QED) is 0.373. The third kappa shape index (κ3) is 3.04. The number of carbonyl (C=O) groups is 1. The van der Waals surface area contributed by atoms with E-state index < -0.39 is 16.7 Å². The van der Waals surface area contributed by atoms with E-state index in [9.17, 15) is 19.3 Å². The molecular formula is C13H12FN3O4. The lowest BCUT2D eigenvalue weighted by atomic mass is 10.3. The van der Waals surface area contributed by atoms with E-state index in [0.29, 0.717) is 0 Å². The minimum Gasteiger partial charge on any atom is -0.422 e. The predicted octanol–water partition coefficient (Wildman–Crippen LogP) is 2.15. The number of rotatable bonds is 4. The van der Waals surface area contributed by atoms with Crippen molar-refractivity contribution in [2.75, 3.05) is 0 Å². The monoisotopic (exact) mass is 293 g/mol. The van der Waals surface area contributed by atoms with Gasteiger partial charge in [-0.2, -0.15) is 5.10 Å². The van der Waals surface area contributed by atoms with Crippen LogP contribution in [-0.2, 0) is 11.3 Å². The predicted molar refractivity (Wildman–Crippen MR) is 70.4 cm³/mol. The molecule has 1 heterocycles. The van der Waals surface area contributed by atoms with Gasteiger partial charge in [0.15, 0.2) is 11.6 Å². The Morgan fingerprint density at radius 2 is 2.10 bits per heavy atom.